The lowest BCUT2D eigenvalue weighted by Gasteiger charge is -2.15. The number of amidine groups is 3. The minimum atomic E-state index is 0.0511. The fourth-order valence-corrected chi connectivity index (χ4v) is 4.63. The molecule has 0 bridgehead atoms. The van der Waals surface area contributed by atoms with E-state index < -0.39 is 0 Å². The predicted octanol–water partition coefficient (Wildman–Crippen LogP) is 8.09. The number of benzene rings is 3. The highest BCUT2D eigenvalue weighted by Gasteiger charge is 2.18. The van der Waals surface area contributed by atoms with Gasteiger partial charge in [0.1, 0.15) is 0 Å². The molecule has 0 unspecified atom stereocenters. The lowest BCUT2D eigenvalue weighted by Crippen LogP contribution is -2.07. The van der Waals surface area contributed by atoms with E-state index in [0.29, 0.717) is 29.5 Å². The number of halogens is 1. The van der Waals surface area contributed by atoms with Crippen molar-refractivity contribution < 1.29 is 9.47 Å². The summed E-state index contributed by atoms with van der Waals surface area (Å²) in [5.41, 5.74) is 7.41. The Bertz CT molecular complexity index is 1580. The topological polar surface area (TPSA) is 83.4 Å². The maximum atomic E-state index is 13.5. The molecule has 0 radical (unpaired) electrons. The van der Waals surface area contributed by atoms with Crippen LogP contribution in [0.5, 0.6) is 5.75 Å². The Labute approximate surface area is 254 Å². The Morgan fingerprint density at radius 1 is 0.674 bits per heavy atom. The van der Waals surface area contributed by atoms with Crippen molar-refractivity contribution in [3.63, 3.8) is 0 Å². The minimum absolute atomic E-state index is 0.0511. The zero-order valence-electron chi connectivity index (χ0n) is 26.2. The van der Waals surface area contributed by atoms with E-state index in [1.54, 1.807) is 33.4 Å². The first kappa shape index (κ1) is 32.9. The van der Waals surface area contributed by atoms with Gasteiger partial charge in [-0.25, -0.2) is 15.0 Å². The zero-order chi connectivity index (χ0) is 31.2. The van der Waals surface area contributed by atoms with E-state index in [0.717, 1.165) is 58.2 Å². The number of hydrogen-bond donors (Lipinski definition) is 0. The molecule has 0 saturated heterocycles. The van der Waals surface area contributed by atoms with Crippen molar-refractivity contribution in [2.45, 2.75) is 53.4 Å². The summed E-state index contributed by atoms with van der Waals surface area (Å²) in [4.78, 5) is 31.2. The maximum absolute atomic E-state index is 13.5. The van der Waals surface area contributed by atoms with Gasteiger partial charge in [-0.3, -0.25) is 19.9 Å². The second kappa shape index (κ2) is 16.8. The van der Waals surface area contributed by atoms with E-state index in [-0.39, 0.29) is 5.75 Å². The van der Waals surface area contributed by atoms with E-state index in [1.165, 1.54) is 0 Å². The van der Waals surface area contributed by atoms with Crippen LogP contribution in [-0.2, 0) is 6.42 Å². The van der Waals surface area contributed by atoms with Gasteiger partial charge in [-0.1, -0.05) is 56.7 Å². The molecule has 0 aliphatic carbocycles. The van der Waals surface area contributed by atoms with Crippen LogP contribution in [-0.4, -0.2) is 57.3 Å². The van der Waals surface area contributed by atoms with Crippen LogP contribution >= 0.6 is 0 Å². The molecule has 0 aliphatic rings. The van der Waals surface area contributed by atoms with Gasteiger partial charge >= 0.3 is 0 Å². The Hall–Kier alpha value is -4.59. The van der Waals surface area contributed by atoms with Crippen LogP contribution in [0.25, 0.3) is 11.1 Å². The largest absolute Gasteiger partial charge is 0.294 e. The van der Waals surface area contributed by atoms with Gasteiger partial charge in [0.05, 0.1) is 5.56 Å². The van der Waals surface area contributed by atoms with Crippen LogP contribution in [0.15, 0.2) is 84.6 Å². The highest BCUT2D eigenvalue weighted by Crippen LogP contribution is 2.32. The summed E-state index contributed by atoms with van der Waals surface area (Å²) >= 11 is 0. The smallest absolute Gasteiger partial charge is 0.182 e. The monoisotopic (exact) mass is 580 g/mol. The molecule has 0 aliphatic heterocycles. The van der Waals surface area contributed by atoms with Crippen molar-refractivity contribution in [2.24, 2.45) is 30.0 Å². The zero-order valence-corrected chi connectivity index (χ0v) is 26.2. The molecule has 0 heterocycles. The highest BCUT2D eigenvalue weighted by atomic mass is 19.3. The lowest BCUT2D eigenvalue weighted by molar-refractivity contribution is -0.00640. The Morgan fingerprint density at radius 2 is 1.26 bits per heavy atom. The molecule has 8 heteroatoms. The van der Waals surface area contributed by atoms with Gasteiger partial charge in [0.25, 0.3) is 0 Å². The van der Waals surface area contributed by atoms with Crippen LogP contribution in [0, 0.1) is 6.92 Å². The first-order chi connectivity index (χ1) is 20.9. The van der Waals surface area contributed by atoms with Crippen molar-refractivity contribution in [3.8, 4) is 16.9 Å². The summed E-state index contributed by atoms with van der Waals surface area (Å²) in [7, 11) is 5.13. The van der Waals surface area contributed by atoms with Gasteiger partial charge in [0, 0.05) is 55.4 Å². The molecule has 7 nitrogen and oxygen atoms in total. The average Bonchev–Trinajstić information content (AvgIpc) is 3.03. The van der Waals surface area contributed by atoms with Crippen molar-refractivity contribution in [3.05, 3.63) is 88.0 Å². The second-order valence-corrected chi connectivity index (χ2v) is 9.81. The molecule has 0 aromatic heterocycles. The number of hydrogen-bond acceptors (Lipinski definition) is 4. The molecule has 0 N–H and O–H groups in total. The average molecular weight is 581 g/mol. The first-order valence-corrected chi connectivity index (χ1v) is 14.6. The normalized spacial score (nSPS) is 13.2. The summed E-state index contributed by atoms with van der Waals surface area (Å²) < 4.78 is 13.5. The molecule has 3 aromatic rings. The Morgan fingerprint density at radius 3 is 1.81 bits per heavy atom. The van der Waals surface area contributed by atoms with Crippen LogP contribution in [0.1, 0.15) is 73.4 Å². The molecule has 0 amide bonds. The standard InChI is InChI=1S/C35H41FN6O/c1-8-17-40-33(37-5)29-20-24(4)11-13-26(29)21-25-12-15-28(30(22-25)34(38-6)41-18-9-2)27-14-16-32(43-36)31(23-27)35(39-7)42-19-10-3/h11-20,22-23H,8-10,21H2,1-7H3. The third-order valence-corrected chi connectivity index (χ3v) is 6.66. The number of rotatable bonds is 10. The van der Waals surface area contributed by atoms with E-state index in [2.05, 4.69) is 85.1 Å². The van der Waals surface area contributed by atoms with Gasteiger partial charge in [0.2, 0.25) is 0 Å². The van der Waals surface area contributed by atoms with Gasteiger partial charge in [-0.2, -0.15) is 0 Å². The molecule has 224 valence electrons. The molecular weight excluding hydrogens is 539 g/mol. The molecular formula is C35H41FN6O. The molecule has 3 aromatic carbocycles. The highest BCUT2D eigenvalue weighted by molar-refractivity contribution is 6.09. The summed E-state index contributed by atoms with van der Waals surface area (Å²) in [5, 5.41) is 0. The Balaban J connectivity index is 2.20. The molecule has 43 heavy (non-hydrogen) atoms. The third-order valence-electron chi connectivity index (χ3n) is 6.66. The van der Waals surface area contributed by atoms with Crippen molar-refractivity contribution in [1.82, 2.24) is 0 Å². The van der Waals surface area contributed by atoms with Crippen molar-refractivity contribution in [2.75, 3.05) is 21.1 Å². The summed E-state index contributed by atoms with van der Waals surface area (Å²) in [6, 6.07) is 17.9. The van der Waals surface area contributed by atoms with Crippen LogP contribution < -0.4 is 4.94 Å². The number of aryl methyl sites for hydroxylation is 1. The molecule has 0 fully saturated rings. The second-order valence-electron chi connectivity index (χ2n) is 9.81. The minimum Gasteiger partial charge on any atom is -0.294 e. The van der Waals surface area contributed by atoms with Crippen molar-refractivity contribution >= 4 is 36.2 Å². The molecule has 0 spiro atoms. The lowest BCUT2D eigenvalue weighted by atomic mass is 9.91. The van der Waals surface area contributed by atoms with Gasteiger partial charge in [-0.05, 0) is 79.1 Å². The Kier molecular flexibility index (Phi) is 12.8. The summed E-state index contributed by atoms with van der Waals surface area (Å²) in [6.07, 6.45) is 8.46. The van der Waals surface area contributed by atoms with Crippen LogP contribution in [0.3, 0.4) is 0 Å². The van der Waals surface area contributed by atoms with Gasteiger partial charge in [-0.15, -0.1) is 0 Å². The van der Waals surface area contributed by atoms with Crippen molar-refractivity contribution in [1.29, 1.82) is 0 Å². The summed E-state index contributed by atoms with van der Waals surface area (Å²) in [5.74, 6) is 1.75. The van der Waals surface area contributed by atoms with E-state index in [9.17, 15) is 4.53 Å². The molecule has 3 rings (SSSR count). The van der Waals surface area contributed by atoms with E-state index in [4.69, 9.17) is 0 Å². The maximum Gasteiger partial charge on any atom is 0.182 e. The fraction of sp³-hybridized carbons (Fsp3) is 0.314. The third kappa shape index (κ3) is 8.47. The fourth-order valence-electron chi connectivity index (χ4n) is 4.63. The van der Waals surface area contributed by atoms with Gasteiger partial charge < -0.3 is 0 Å². The SMILES string of the molecule is CCC=NC(=NC)c1cc(C)ccc1Cc1ccc(-c2ccc(OF)c(C(N=CCC)=NC)c2)c(C(N=CCC)=NC)c1. The van der Waals surface area contributed by atoms with E-state index in [1.807, 2.05) is 38.4 Å². The first-order valence-electron chi connectivity index (χ1n) is 14.6. The van der Waals surface area contributed by atoms with Crippen LogP contribution in [0.4, 0.5) is 4.53 Å². The quantitative estimate of drug-likeness (QED) is 0.176. The number of nitrogens with zero attached hydrogens (tertiary/aromatic N) is 6. The summed E-state index contributed by atoms with van der Waals surface area (Å²) in [6.45, 7) is 8.14. The van der Waals surface area contributed by atoms with Gasteiger partial charge in [0.15, 0.2) is 23.3 Å². The predicted molar refractivity (Wildman–Crippen MR) is 181 cm³/mol. The molecule has 0 saturated carbocycles. The number of aliphatic imine (C=N–C) groups is 6. The van der Waals surface area contributed by atoms with Crippen LogP contribution in [0.2, 0.25) is 0 Å². The molecule has 0 atom stereocenters. The van der Waals surface area contributed by atoms with E-state index >= 15 is 0 Å².